The Morgan fingerprint density at radius 3 is 1.62 bits per heavy atom. The lowest BCUT2D eigenvalue weighted by molar-refractivity contribution is 0.552. The Labute approximate surface area is 126 Å². The van der Waals surface area contributed by atoms with E-state index in [-0.39, 0.29) is 0 Å². The third kappa shape index (κ3) is 2.09. The maximum absolute atomic E-state index is 14.1. The van der Waals surface area contributed by atoms with Gasteiger partial charge in [0.25, 0.3) is 0 Å². The van der Waals surface area contributed by atoms with Crippen molar-refractivity contribution in [2.45, 2.75) is 37.8 Å². The van der Waals surface area contributed by atoms with Crippen LogP contribution in [-0.4, -0.2) is 16.8 Å². The molecule has 0 bridgehead atoms. The van der Waals surface area contributed by atoms with Gasteiger partial charge in [0.2, 0.25) is 7.29 Å². The zero-order chi connectivity index (χ0) is 14.3. The van der Waals surface area contributed by atoms with Gasteiger partial charge in [0, 0.05) is 22.7 Å². The van der Waals surface area contributed by atoms with Crippen LogP contribution >= 0.6 is 7.29 Å². The topological polar surface area (TPSA) is 20.1 Å². The average Bonchev–Trinajstić information content (AvgIpc) is 3.31. The molecule has 0 spiro atoms. The first-order valence-corrected chi connectivity index (χ1v) is 9.48. The first kappa shape index (κ1) is 13.3. The Morgan fingerprint density at radius 1 is 0.762 bits per heavy atom. The summed E-state index contributed by atoms with van der Waals surface area (Å²) in [5.74, 6) is 0. The van der Waals surface area contributed by atoms with Crippen molar-refractivity contribution in [2.24, 2.45) is 0 Å². The third-order valence-corrected chi connectivity index (χ3v) is 8.06. The second-order valence-corrected chi connectivity index (χ2v) is 8.69. The largest absolute Gasteiger partial charge is 0.296 e. The molecule has 3 heteroatoms. The maximum Gasteiger partial charge on any atom is 0.207 e. The van der Waals surface area contributed by atoms with Gasteiger partial charge in [-0.25, -0.2) is 4.67 Å². The van der Waals surface area contributed by atoms with E-state index < -0.39 is 7.29 Å². The molecule has 2 fully saturated rings. The van der Waals surface area contributed by atoms with Crippen molar-refractivity contribution in [3.8, 4) is 0 Å². The quantitative estimate of drug-likeness (QED) is 0.638. The van der Waals surface area contributed by atoms with Crippen molar-refractivity contribution in [1.29, 1.82) is 0 Å². The highest BCUT2D eigenvalue weighted by Crippen LogP contribution is 2.61. The van der Waals surface area contributed by atoms with E-state index in [2.05, 4.69) is 4.67 Å². The lowest BCUT2D eigenvalue weighted by atomic mass is 10.0. The van der Waals surface area contributed by atoms with E-state index >= 15 is 0 Å². The van der Waals surface area contributed by atoms with Crippen LogP contribution in [0.25, 0.3) is 0 Å². The van der Waals surface area contributed by atoms with Crippen molar-refractivity contribution < 1.29 is 4.57 Å². The molecule has 2 nitrogen and oxygen atoms in total. The minimum Gasteiger partial charge on any atom is -0.296 e. The normalized spacial score (nSPS) is 27.9. The first-order chi connectivity index (χ1) is 10.3. The summed E-state index contributed by atoms with van der Waals surface area (Å²) in [4.78, 5) is 0. The van der Waals surface area contributed by atoms with E-state index in [0.29, 0.717) is 12.1 Å². The van der Waals surface area contributed by atoms with E-state index in [9.17, 15) is 4.57 Å². The zero-order valence-electron chi connectivity index (χ0n) is 12.1. The highest BCUT2D eigenvalue weighted by molar-refractivity contribution is 7.76. The summed E-state index contributed by atoms with van der Waals surface area (Å²) in [7, 11) is -2.66. The molecule has 4 rings (SSSR count). The number of benzene rings is 2. The van der Waals surface area contributed by atoms with Crippen molar-refractivity contribution >= 4 is 17.9 Å². The minimum absolute atomic E-state index is 0.532. The Bertz CT molecular complexity index is 615. The van der Waals surface area contributed by atoms with Gasteiger partial charge in [-0.05, 0) is 37.1 Å². The summed E-state index contributed by atoms with van der Waals surface area (Å²) in [6, 6.07) is 21.1. The molecular formula is C18H20NOP. The summed E-state index contributed by atoms with van der Waals surface area (Å²) in [6.07, 6.45) is 4.96. The zero-order valence-corrected chi connectivity index (χ0v) is 13.0. The molecule has 1 aliphatic carbocycles. The van der Waals surface area contributed by atoms with Crippen LogP contribution < -0.4 is 10.6 Å². The third-order valence-electron chi connectivity index (χ3n) is 4.82. The van der Waals surface area contributed by atoms with Crippen molar-refractivity contribution in [3.63, 3.8) is 0 Å². The SMILES string of the molecule is O=P(c1ccccc1)(c1ccccc1)N1C2CCCCC21. The molecule has 1 heterocycles. The van der Waals surface area contributed by atoms with Crippen LogP contribution in [0.3, 0.4) is 0 Å². The molecule has 0 aromatic heterocycles. The fraction of sp³-hybridized carbons (Fsp3) is 0.333. The van der Waals surface area contributed by atoms with Crippen molar-refractivity contribution in [1.82, 2.24) is 4.67 Å². The van der Waals surface area contributed by atoms with E-state index in [1.165, 1.54) is 25.7 Å². The predicted octanol–water partition coefficient (Wildman–Crippen LogP) is 3.54. The summed E-state index contributed by atoms with van der Waals surface area (Å²) < 4.78 is 16.4. The molecule has 2 atom stereocenters. The van der Waals surface area contributed by atoms with Crippen LogP contribution in [-0.2, 0) is 4.57 Å². The first-order valence-electron chi connectivity index (χ1n) is 7.82. The van der Waals surface area contributed by atoms with Crippen LogP contribution in [0.5, 0.6) is 0 Å². The van der Waals surface area contributed by atoms with E-state index in [0.717, 1.165) is 10.6 Å². The molecule has 0 radical (unpaired) electrons. The number of rotatable bonds is 3. The molecule has 0 amide bonds. The standard InChI is InChI=1S/C18H20NOP/c20-21(15-9-3-1-4-10-15,16-11-5-2-6-12-16)19-17-13-7-8-14-18(17)19/h1-6,9-12,17-18H,7-8,13-14H2. The molecule has 1 saturated carbocycles. The van der Waals surface area contributed by atoms with Crippen LogP contribution in [0.15, 0.2) is 60.7 Å². The Hall–Kier alpha value is -1.37. The molecule has 2 aromatic carbocycles. The Kier molecular flexibility index (Phi) is 3.24. The van der Waals surface area contributed by atoms with Gasteiger partial charge in [-0.3, -0.25) is 4.57 Å². The van der Waals surface area contributed by atoms with Gasteiger partial charge in [0.15, 0.2) is 0 Å². The summed E-state index contributed by atoms with van der Waals surface area (Å²) in [5.41, 5.74) is 0. The number of hydrogen-bond donors (Lipinski definition) is 0. The highest BCUT2D eigenvalue weighted by atomic mass is 31.2. The van der Waals surface area contributed by atoms with E-state index in [1.54, 1.807) is 0 Å². The predicted molar refractivity (Wildman–Crippen MR) is 87.6 cm³/mol. The van der Waals surface area contributed by atoms with E-state index in [4.69, 9.17) is 0 Å². The Balaban J connectivity index is 1.82. The smallest absolute Gasteiger partial charge is 0.207 e. The average molecular weight is 297 g/mol. The summed E-state index contributed by atoms with van der Waals surface area (Å²) in [6.45, 7) is 0. The number of fused-ring (bicyclic) bond motifs is 1. The fourth-order valence-corrected chi connectivity index (χ4v) is 7.07. The molecule has 2 aromatic rings. The lowest BCUT2D eigenvalue weighted by Crippen LogP contribution is -2.22. The van der Waals surface area contributed by atoms with Gasteiger partial charge in [0.1, 0.15) is 0 Å². The molecule has 2 unspecified atom stereocenters. The molecule has 1 saturated heterocycles. The maximum atomic E-state index is 14.1. The van der Waals surface area contributed by atoms with Crippen molar-refractivity contribution in [2.75, 3.05) is 0 Å². The van der Waals surface area contributed by atoms with Gasteiger partial charge in [-0.1, -0.05) is 49.2 Å². The van der Waals surface area contributed by atoms with Gasteiger partial charge >= 0.3 is 0 Å². The van der Waals surface area contributed by atoms with Gasteiger partial charge in [-0.15, -0.1) is 0 Å². The summed E-state index contributed by atoms with van der Waals surface area (Å²) in [5, 5.41) is 1.95. The molecule has 0 N–H and O–H groups in total. The number of hydrogen-bond acceptors (Lipinski definition) is 1. The second kappa shape index (κ2) is 5.12. The molecule has 2 aliphatic rings. The van der Waals surface area contributed by atoms with Crippen LogP contribution in [0.2, 0.25) is 0 Å². The van der Waals surface area contributed by atoms with Crippen LogP contribution in [0, 0.1) is 0 Å². The molecule has 108 valence electrons. The fourth-order valence-electron chi connectivity index (χ4n) is 3.77. The molecule has 21 heavy (non-hydrogen) atoms. The van der Waals surface area contributed by atoms with Crippen molar-refractivity contribution in [3.05, 3.63) is 60.7 Å². The minimum atomic E-state index is -2.66. The molecule has 1 aliphatic heterocycles. The summed E-state index contributed by atoms with van der Waals surface area (Å²) >= 11 is 0. The lowest BCUT2D eigenvalue weighted by Gasteiger charge is -2.21. The van der Waals surface area contributed by atoms with Gasteiger partial charge in [0.05, 0.1) is 0 Å². The second-order valence-electron chi connectivity index (χ2n) is 6.05. The van der Waals surface area contributed by atoms with Crippen LogP contribution in [0.1, 0.15) is 25.7 Å². The molecular weight excluding hydrogens is 277 g/mol. The van der Waals surface area contributed by atoms with E-state index in [1.807, 2.05) is 60.7 Å². The Morgan fingerprint density at radius 2 is 1.19 bits per heavy atom. The number of nitrogens with zero attached hydrogens (tertiary/aromatic N) is 1. The van der Waals surface area contributed by atoms with Crippen LogP contribution in [0.4, 0.5) is 0 Å². The monoisotopic (exact) mass is 297 g/mol. The van der Waals surface area contributed by atoms with Gasteiger partial charge in [-0.2, -0.15) is 0 Å². The van der Waals surface area contributed by atoms with Gasteiger partial charge < -0.3 is 0 Å². The highest BCUT2D eigenvalue weighted by Gasteiger charge is 2.57.